The zero-order chi connectivity index (χ0) is 8.10. The highest BCUT2D eigenvalue weighted by Crippen LogP contribution is 2.23. The van der Waals surface area contributed by atoms with E-state index in [-0.39, 0.29) is 0 Å². The van der Waals surface area contributed by atoms with Gasteiger partial charge in [-0.15, -0.1) is 0 Å². The van der Waals surface area contributed by atoms with Crippen molar-refractivity contribution >= 4 is 0 Å². The van der Waals surface area contributed by atoms with Gasteiger partial charge in [0.25, 0.3) is 0 Å². The van der Waals surface area contributed by atoms with Crippen molar-refractivity contribution in [2.45, 2.75) is 26.2 Å². The predicted octanol–water partition coefficient (Wildman–Crippen LogP) is 1.00. The Balaban J connectivity index is 2.21. The Morgan fingerprint density at radius 2 is 2.09 bits per heavy atom. The average Bonchev–Trinajstić information content (AvgIpc) is 2.07. The zero-order valence-electron chi connectivity index (χ0n) is 7.34. The first kappa shape index (κ1) is 9.01. The fourth-order valence-electron chi connectivity index (χ4n) is 1.85. The van der Waals surface area contributed by atoms with E-state index < -0.39 is 0 Å². The van der Waals surface area contributed by atoms with Crippen LogP contribution in [0.1, 0.15) is 26.2 Å². The van der Waals surface area contributed by atoms with Gasteiger partial charge < -0.3 is 10.4 Å². The molecule has 0 aliphatic carbocycles. The molecule has 1 rings (SSSR count). The Kier molecular flexibility index (Phi) is 3.87. The van der Waals surface area contributed by atoms with Gasteiger partial charge in [0.2, 0.25) is 0 Å². The van der Waals surface area contributed by atoms with Crippen LogP contribution in [0, 0.1) is 11.8 Å². The van der Waals surface area contributed by atoms with Crippen molar-refractivity contribution in [2.75, 3.05) is 19.7 Å². The zero-order valence-corrected chi connectivity index (χ0v) is 7.34. The van der Waals surface area contributed by atoms with Gasteiger partial charge in [-0.05, 0) is 44.2 Å². The summed E-state index contributed by atoms with van der Waals surface area (Å²) >= 11 is 0. The lowest BCUT2D eigenvalue weighted by atomic mass is 9.84. The van der Waals surface area contributed by atoms with E-state index in [0.29, 0.717) is 12.5 Å². The molecule has 0 amide bonds. The molecule has 2 heteroatoms. The Bertz CT molecular complexity index is 99.7. The molecule has 11 heavy (non-hydrogen) atoms. The van der Waals surface area contributed by atoms with Crippen LogP contribution < -0.4 is 5.32 Å². The molecule has 1 fully saturated rings. The molecule has 1 atom stereocenters. The predicted molar refractivity (Wildman–Crippen MR) is 46.5 cm³/mol. The van der Waals surface area contributed by atoms with Crippen molar-refractivity contribution in [3.05, 3.63) is 0 Å². The summed E-state index contributed by atoms with van der Waals surface area (Å²) in [6.07, 6.45) is 3.56. The second-order valence-electron chi connectivity index (χ2n) is 3.58. The monoisotopic (exact) mass is 157 g/mol. The van der Waals surface area contributed by atoms with Gasteiger partial charge in [0.1, 0.15) is 0 Å². The minimum Gasteiger partial charge on any atom is -0.396 e. The Hall–Kier alpha value is -0.0800. The summed E-state index contributed by atoms with van der Waals surface area (Å²) in [4.78, 5) is 0. The largest absolute Gasteiger partial charge is 0.396 e. The summed E-state index contributed by atoms with van der Waals surface area (Å²) in [5.41, 5.74) is 0. The SMILES string of the molecule is CC(CCO)C1CCNCC1. The van der Waals surface area contributed by atoms with Gasteiger partial charge >= 0.3 is 0 Å². The summed E-state index contributed by atoms with van der Waals surface area (Å²) in [7, 11) is 0. The quantitative estimate of drug-likeness (QED) is 0.640. The van der Waals surface area contributed by atoms with E-state index in [1.165, 1.54) is 25.9 Å². The molecular formula is C9H19NO. The molecule has 0 saturated carbocycles. The normalized spacial score (nSPS) is 23.5. The maximum absolute atomic E-state index is 8.75. The molecule has 0 aromatic rings. The van der Waals surface area contributed by atoms with Gasteiger partial charge in [0.15, 0.2) is 0 Å². The molecule has 2 N–H and O–H groups in total. The number of piperidine rings is 1. The number of rotatable bonds is 3. The van der Waals surface area contributed by atoms with Crippen LogP contribution in [0.3, 0.4) is 0 Å². The van der Waals surface area contributed by atoms with E-state index in [1.54, 1.807) is 0 Å². The van der Waals surface area contributed by atoms with E-state index in [4.69, 9.17) is 5.11 Å². The second-order valence-corrected chi connectivity index (χ2v) is 3.58. The molecule has 2 nitrogen and oxygen atoms in total. The third kappa shape index (κ3) is 2.80. The van der Waals surface area contributed by atoms with Gasteiger partial charge in [-0.25, -0.2) is 0 Å². The first-order valence-corrected chi connectivity index (χ1v) is 4.66. The average molecular weight is 157 g/mol. The van der Waals surface area contributed by atoms with Crippen molar-refractivity contribution in [2.24, 2.45) is 11.8 Å². The van der Waals surface area contributed by atoms with Crippen LogP contribution in [-0.2, 0) is 0 Å². The standard InChI is InChI=1S/C9H19NO/c1-8(4-7-11)9-2-5-10-6-3-9/h8-11H,2-7H2,1H3. The highest BCUT2D eigenvalue weighted by Gasteiger charge is 2.18. The molecule has 1 aliphatic heterocycles. The third-order valence-corrected chi connectivity index (χ3v) is 2.77. The van der Waals surface area contributed by atoms with E-state index in [1.807, 2.05) is 0 Å². The topological polar surface area (TPSA) is 32.3 Å². The van der Waals surface area contributed by atoms with E-state index in [2.05, 4.69) is 12.2 Å². The summed E-state index contributed by atoms with van der Waals surface area (Å²) in [6, 6.07) is 0. The Labute approximate surface area is 69.0 Å². The highest BCUT2D eigenvalue weighted by molar-refractivity contribution is 4.72. The molecule has 66 valence electrons. The number of hydrogen-bond donors (Lipinski definition) is 2. The Morgan fingerprint density at radius 3 is 2.64 bits per heavy atom. The molecule has 1 unspecified atom stereocenters. The van der Waals surface area contributed by atoms with Gasteiger partial charge in [0, 0.05) is 6.61 Å². The van der Waals surface area contributed by atoms with Gasteiger partial charge in [-0.1, -0.05) is 6.92 Å². The molecule has 0 spiro atoms. The number of hydrogen-bond acceptors (Lipinski definition) is 2. The summed E-state index contributed by atoms with van der Waals surface area (Å²) < 4.78 is 0. The van der Waals surface area contributed by atoms with E-state index >= 15 is 0 Å². The lowest BCUT2D eigenvalue weighted by Crippen LogP contribution is -2.31. The molecule has 1 heterocycles. The third-order valence-electron chi connectivity index (χ3n) is 2.77. The maximum atomic E-state index is 8.75. The Morgan fingerprint density at radius 1 is 1.45 bits per heavy atom. The van der Waals surface area contributed by atoms with Gasteiger partial charge in [0.05, 0.1) is 0 Å². The molecule has 1 saturated heterocycles. The van der Waals surface area contributed by atoms with Crippen LogP contribution in [-0.4, -0.2) is 24.8 Å². The molecule has 0 aromatic carbocycles. The molecule has 0 radical (unpaired) electrons. The lowest BCUT2D eigenvalue weighted by molar-refractivity contribution is 0.204. The second kappa shape index (κ2) is 4.73. The first-order valence-electron chi connectivity index (χ1n) is 4.66. The van der Waals surface area contributed by atoms with Crippen LogP contribution in [0.25, 0.3) is 0 Å². The van der Waals surface area contributed by atoms with Gasteiger partial charge in [-0.3, -0.25) is 0 Å². The van der Waals surface area contributed by atoms with Crippen molar-refractivity contribution in [1.29, 1.82) is 0 Å². The highest BCUT2D eigenvalue weighted by atomic mass is 16.3. The van der Waals surface area contributed by atoms with Crippen LogP contribution in [0.5, 0.6) is 0 Å². The number of nitrogens with one attached hydrogen (secondary N) is 1. The van der Waals surface area contributed by atoms with Crippen molar-refractivity contribution in [3.63, 3.8) is 0 Å². The molecular weight excluding hydrogens is 138 g/mol. The molecule has 0 aromatic heterocycles. The summed E-state index contributed by atoms with van der Waals surface area (Å²) in [5, 5.41) is 12.1. The van der Waals surface area contributed by atoms with Gasteiger partial charge in [-0.2, -0.15) is 0 Å². The smallest absolute Gasteiger partial charge is 0.0433 e. The minimum atomic E-state index is 0.352. The first-order chi connectivity index (χ1) is 5.34. The summed E-state index contributed by atoms with van der Waals surface area (Å²) in [6.45, 7) is 4.94. The van der Waals surface area contributed by atoms with Crippen molar-refractivity contribution in [3.8, 4) is 0 Å². The minimum absolute atomic E-state index is 0.352. The fourth-order valence-corrected chi connectivity index (χ4v) is 1.85. The molecule has 0 bridgehead atoms. The van der Waals surface area contributed by atoms with E-state index in [9.17, 15) is 0 Å². The van der Waals surface area contributed by atoms with E-state index in [0.717, 1.165) is 12.3 Å². The van der Waals surface area contributed by atoms with Crippen LogP contribution >= 0.6 is 0 Å². The number of aliphatic hydroxyl groups excluding tert-OH is 1. The molecule has 1 aliphatic rings. The summed E-state index contributed by atoms with van der Waals surface area (Å²) in [5.74, 6) is 1.56. The number of aliphatic hydroxyl groups is 1. The maximum Gasteiger partial charge on any atom is 0.0433 e. The fraction of sp³-hybridized carbons (Fsp3) is 1.00. The van der Waals surface area contributed by atoms with Crippen LogP contribution in [0.15, 0.2) is 0 Å². The van der Waals surface area contributed by atoms with Crippen LogP contribution in [0.2, 0.25) is 0 Å². The van der Waals surface area contributed by atoms with Crippen molar-refractivity contribution < 1.29 is 5.11 Å². The van der Waals surface area contributed by atoms with Crippen LogP contribution in [0.4, 0.5) is 0 Å². The lowest BCUT2D eigenvalue weighted by Gasteiger charge is -2.27. The van der Waals surface area contributed by atoms with Crippen molar-refractivity contribution in [1.82, 2.24) is 5.32 Å².